The number of piperazine rings is 1. The van der Waals surface area contributed by atoms with Crippen molar-refractivity contribution in [2.75, 3.05) is 53.0 Å². The van der Waals surface area contributed by atoms with Crippen molar-refractivity contribution in [1.29, 1.82) is 0 Å². The van der Waals surface area contributed by atoms with Gasteiger partial charge in [0.15, 0.2) is 11.5 Å². The number of aryl methyl sites for hydroxylation is 1. The van der Waals surface area contributed by atoms with E-state index in [-0.39, 0.29) is 23.9 Å². The Labute approximate surface area is 193 Å². The lowest BCUT2D eigenvalue weighted by Crippen LogP contribution is -2.52. The minimum atomic E-state index is -3.67. The van der Waals surface area contributed by atoms with E-state index in [0.29, 0.717) is 44.3 Å². The van der Waals surface area contributed by atoms with Crippen LogP contribution in [0.25, 0.3) is 0 Å². The van der Waals surface area contributed by atoms with Crippen molar-refractivity contribution < 1.29 is 22.7 Å². The van der Waals surface area contributed by atoms with Gasteiger partial charge in [-0.1, -0.05) is 0 Å². The van der Waals surface area contributed by atoms with Crippen LogP contribution in [0.4, 0.5) is 0 Å². The lowest BCUT2D eigenvalue weighted by molar-refractivity contribution is -0.133. The molecule has 3 heterocycles. The summed E-state index contributed by atoms with van der Waals surface area (Å²) >= 11 is 1.69. The normalized spacial score (nSPS) is 17.4. The summed E-state index contributed by atoms with van der Waals surface area (Å²) in [7, 11) is -1.74. The van der Waals surface area contributed by atoms with E-state index in [1.165, 1.54) is 20.8 Å². The molecule has 2 aliphatic rings. The van der Waals surface area contributed by atoms with Gasteiger partial charge < -0.3 is 14.4 Å². The highest BCUT2D eigenvalue weighted by Crippen LogP contribution is 2.33. The third kappa shape index (κ3) is 5.09. The zero-order valence-electron chi connectivity index (χ0n) is 18.5. The van der Waals surface area contributed by atoms with Gasteiger partial charge in [-0.2, -0.15) is 4.31 Å². The number of carbonyl (C=O) groups excluding carboxylic acids is 1. The Morgan fingerprint density at radius 1 is 1.09 bits per heavy atom. The zero-order valence-corrected chi connectivity index (χ0v) is 20.1. The summed E-state index contributed by atoms with van der Waals surface area (Å²) in [6.45, 7) is 5.48. The van der Waals surface area contributed by atoms with Crippen molar-refractivity contribution in [3.63, 3.8) is 0 Å². The highest BCUT2D eigenvalue weighted by molar-refractivity contribution is 7.89. The molecule has 1 saturated heterocycles. The van der Waals surface area contributed by atoms with Gasteiger partial charge in [0, 0.05) is 50.1 Å². The van der Waals surface area contributed by atoms with Crippen molar-refractivity contribution in [2.45, 2.75) is 24.8 Å². The molecule has 1 aromatic carbocycles. The van der Waals surface area contributed by atoms with Gasteiger partial charge in [0.1, 0.15) is 0 Å². The van der Waals surface area contributed by atoms with Gasteiger partial charge in [-0.05, 0) is 43.1 Å². The molecule has 0 aliphatic carbocycles. The number of hydrogen-bond donors (Lipinski definition) is 0. The summed E-state index contributed by atoms with van der Waals surface area (Å²) in [5.74, 6) is 1.05. The number of hydrogen-bond acceptors (Lipinski definition) is 7. The second-order valence-corrected chi connectivity index (χ2v) is 11.1. The number of likely N-dealkylation sites (N-methyl/N-ethyl adjacent to an activating group) is 1. The first kappa shape index (κ1) is 23.0. The molecule has 1 amide bonds. The standard InChI is InChI=1S/C22H29N3O5S2/c1-17-6-13-31-21(17)15-23(2)16-22(26)24-7-9-25(10-8-24)32(27,28)18-4-5-19-20(14-18)30-12-3-11-29-19/h4-6,13-14H,3,7-12,15-16H2,1-2H3. The van der Waals surface area contributed by atoms with Crippen LogP contribution in [0.5, 0.6) is 11.5 Å². The largest absolute Gasteiger partial charge is 0.490 e. The minimum Gasteiger partial charge on any atom is -0.490 e. The van der Waals surface area contributed by atoms with Crippen LogP contribution in [0.1, 0.15) is 16.9 Å². The number of amides is 1. The van der Waals surface area contributed by atoms with Gasteiger partial charge in [-0.25, -0.2) is 8.42 Å². The molecule has 4 rings (SSSR count). The minimum absolute atomic E-state index is 0.0225. The summed E-state index contributed by atoms with van der Waals surface area (Å²) in [5, 5.41) is 2.06. The van der Waals surface area contributed by atoms with Crippen molar-refractivity contribution in [3.05, 3.63) is 40.1 Å². The van der Waals surface area contributed by atoms with Crippen LogP contribution in [0.15, 0.2) is 34.5 Å². The number of carbonyl (C=O) groups is 1. The van der Waals surface area contributed by atoms with E-state index in [9.17, 15) is 13.2 Å². The van der Waals surface area contributed by atoms with Crippen LogP contribution in [0, 0.1) is 6.92 Å². The Morgan fingerprint density at radius 2 is 1.81 bits per heavy atom. The first-order chi connectivity index (χ1) is 15.3. The van der Waals surface area contributed by atoms with Crippen molar-refractivity contribution in [2.24, 2.45) is 0 Å². The number of nitrogens with zero attached hydrogens (tertiary/aromatic N) is 3. The smallest absolute Gasteiger partial charge is 0.243 e. The van der Waals surface area contributed by atoms with Gasteiger partial charge in [-0.15, -0.1) is 11.3 Å². The second-order valence-electron chi connectivity index (χ2n) is 8.14. The lowest BCUT2D eigenvalue weighted by atomic mass is 10.3. The van der Waals surface area contributed by atoms with Gasteiger partial charge in [0.05, 0.1) is 24.7 Å². The topological polar surface area (TPSA) is 79.4 Å². The molecule has 0 spiro atoms. The number of fused-ring (bicyclic) bond motifs is 1. The Morgan fingerprint density at radius 3 is 2.50 bits per heavy atom. The maximum atomic E-state index is 13.1. The van der Waals surface area contributed by atoms with E-state index in [0.717, 1.165) is 13.0 Å². The average molecular weight is 480 g/mol. The lowest BCUT2D eigenvalue weighted by Gasteiger charge is -2.34. The van der Waals surface area contributed by atoms with Gasteiger partial charge >= 0.3 is 0 Å². The Hall–Kier alpha value is -2.14. The van der Waals surface area contributed by atoms with Crippen molar-refractivity contribution in [3.8, 4) is 11.5 Å². The fourth-order valence-corrected chi connectivity index (χ4v) is 6.25. The van der Waals surface area contributed by atoms with Crippen LogP contribution in [-0.4, -0.2) is 81.4 Å². The molecule has 0 unspecified atom stereocenters. The van der Waals surface area contributed by atoms with Gasteiger partial charge in [-0.3, -0.25) is 9.69 Å². The molecule has 0 atom stereocenters. The quantitative estimate of drug-likeness (QED) is 0.632. The summed E-state index contributed by atoms with van der Waals surface area (Å²) < 4.78 is 39.0. The molecule has 174 valence electrons. The average Bonchev–Trinajstić information content (AvgIpc) is 3.03. The summed E-state index contributed by atoms with van der Waals surface area (Å²) in [6, 6.07) is 6.83. The number of ether oxygens (including phenoxy) is 2. The molecule has 1 aromatic heterocycles. The van der Waals surface area contributed by atoms with Gasteiger partial charge in [0.25, 0.3) is 0 Å². The molecule has 0 radical (unpaired) electrons. The molecule has 0 N–H and O–H groups in total. The SMILES string of the molecule is Cc1ccsc1CN(C)CC(=O)N1CCN(S(=O)(=O)c2ccc3c(c2)OCCCO3)CC1. The highest BCUT2D eigenvalue weighted by atomic mass is 32.2. The molecule has 0 bridgehead atoms. The molecule has 0 saturated carbocycles. The molecular formula is C22H29N3O5S2. The summed E-state index contributed by atoms with van der Waals surface area (Å²) in [6.07, 6.45) is 0.759. The van der Waals surface area contributed by atoms with E-state index >= 15 is 0 Å². The maximum absolute atomic E-state index is 13.1. The molecular weight excluding hydrogens is 450 g/mol. The molecule has 10 heteroatoms. The molecule has 32 heavy (non-hydrogen) atoms. The van der Waals surface area contributed by atoms with E-state index in [2.05, 4.69) is 18.4 Å². The van der Waals surface area contributed by atoms with Crippen molar-refractivity contribution >= 4 is 27.3 Å². The van der Waals surface area contributed by atoms with Crippen LogP contribution < -0.4 is 9.47 Å². The number of thiophene rings is 1. The number of sulfonamides is 1. The molecule has 2 aliphatic heterocycles. The zero-order chi connectivity index (χ0) is 22.7. The van der Waals surface area contributed by atoms with E-state index < -0.39 is 10.0 Å². The molecule has 2 aromatic rings. The fourth-order valence-electron chi connectivity index (χ4n) is 3.83. The van der Waals surface area contributed by atoms with E-state index in [4.69, 9.17) is 9.47 Å². The monoisotopic (exact) mass is 479 g/mol. The van der Waals surface area contributed by atoms with E-state index in [1.807, 2.05) is 11.9 Å². The van der Waals surface area contributed by atoms with Crippen LogP contribution in [0.2, 0.25) is 0 Å². The third-order valence-electron chi connectivity index (χ3n) is 5.73. The fraction of sp³-hybridized carbons (Fsp3) is 0.500. The number of benzene rings is 1. The molecule has 8 nitrogen and oxygen atoms in total. The van der Waals surface area contributed by atoms with Crippen LogP contribution in [-0.2, 0) is 21.4 Å². The third-order valence-corrected chi connectivity index (χ3v) is 8.64. The van der Waals surface area contributed by atoms with Crippen LogP contribution >= 0.6 is 11.3 Å². The maximum Gasteiger partial charge on any atom is 0.243 e. The summed E-state index contributed by atoms with van der Waals surface area (Å²) in [5.41, 5.74) is 1.24. The first-order valence-electron chi connectivity index (χ1n) is 10.7. The number of rotatable bonds is 6. The first-order valence-corrected chi connectivity index (χ1v) is 13.1. The summed E-state index contributed by atoms with van der Waals surface area (Å²) in [4.78, 5) is 17.9. The Kier molecular flexibility index (Phi) is 7.04. The predicted molar refractivity (Wildman–Crippen MR) is 123 cm³/mol. The molecule has 1 fully saturated rings. The van der Waals surface area contributed by atoms with Gasteiger partial charge in [0.2, 0.25) is 15.9 Å². The second kappa shape index (κ2) is 9.78. The Balaban J connectivity index is 1.34. The highest BCUT2D eigenvalue weighted by Gasteiger charge is 2.31. The van der Waals surface area contributed by atoms with Crippen molar-refractivity contribution in [1.82, 2.24) is 14.1 Å². The Bertz CT molecular complexity index is 1060. The van der Waals surface area contributed by atoms with E-state index in [1.54, 1.807) is 28.4 Å². The predicted octanol–water partition coefficient (Wildman–Crippen LogP) is 2.18. The van der Waals surface area contributed by atoms with Crippen LogP contribution in [0.3, 0.4) is 0 Å².